The van der Waals surface area contributed by atoms with Gasteiger partial charge in [-0.2, -0.15) is 13.2 Å². The van der Waals surface area contributed by atoms with Gasteiger partial charge < -0.3 is 14.9 Å². The molecule has 1 N–H and O–H groups in total. The van der Waals surface area contributed by atoms with Gasteiger partial charge in [-0.25, -0.2) is 0 Å². The average Bonchev–Trinajstić information content (AvgIpc) is 3.14. The Morgan fingerprint density at radius 3 is 2.19 bits per heavy atom. The molecular weight excluding hydrogens is 411 g/mol. The number of nitrogens with zero attached hydrogens (tertiary/aromatic N) is 3. The molecule has 0 bridgehead atoms. The molecule has 2 aromatic rings. The molecule has 31 heavy (non-hydrogen) atoms. The fraction of sp³-hybridized carbons (Fsp3) is 0.364. The molecule has 2 saturated heterocycles. The van der Waals surface area contributed by atoms with Crippen molar-refractivity contribution in [3.8, 4) is 5.75 Å². The number of phenolic OH excluding ortho intramolecular Hbond substituents is 1. The summed E-state index contributed by atoms with van der Waals surface area (Å²) in [4.78, 5) is 30.7. The van der Waals surface area contributed by atoms with E-state index in [1.807, 2.05) is 4.90 Å². The number of phenols is 1. The van der Waals surface area contributed by atoms with Crippen LogP contribution in [0.15, 0.2) is 48.5 Å². The predicted octanol–water partition coefficient (Wildman–Crippen LogP) is 2.97. The Morgan fingerprint density at radius 1 is 0.935 bits per heavy atom. The van der Waals surface area contributed by atoms with Crippen molar-refractivity contribution >= 4 is 17.5 Å². The number of benzene rings is 2. The molecule has 0 saturated carbocycles. The van der Waals surface area contributed by atoms with E-state index in [4.69, 9.17) is 0 Å². The summed E-state index contributed by atoms with van der Waals surface area (Å²) in [6.07, 6.45) is -3.84. The Bertz CT molecular complexity index is 970. The van der Waals surface area contributed by atoms with Crippen LogP contribution < -0.4 is 4.90 Å². The van der Waals surface area contributed by atoms with Crippen LogP contribution in [0.1, 0.15) is 22.3 Å². The predicted molar refractivity (Wildman–Crippen MR) is 108 cm³/mol. The summed E-state index contributed by atoms with van der Waals surface area (Å²) >= 11 is 0. The standard InChI is InChI=1S/C22H22F3N3O3/c23-22(24,25)15-5-7-16(8-6-15)28-10-9-18(21(28)31)26-11-13-27(14-12-26)20(30)17-3-1-2-4-19(17)29/h1-8,18,29H,9-14H2/t18-/m1/s1. The highest BCUT2D eigenvalue weighted by molar-refractivity contribution is 5.99. The number of carbonyl (C=O) groups excluding carboxylic acids is 2. The minimum Gasteiger partial charge on any atom is -0.507 e. The number of halogens is 3. The number of alkyl halides is 3. The normalized spacial score (nSPS) is 20.4. The van der Waals surface area contributed by atoms with Crippen LogP contribution in [-0.2, 0) is 11.0 Å². The third-order valence-corrected chi connectivity index (χ3v) is 5.86. The van der Waals surface area contributed by atoms with Crippen molar-refractivity contribution in [1.29, 1.82) is 0 Å². The molecule has 4 rings (SSSR count). The Kier molecular flexibility index (Phi) is 5.62. The topological polar surface area (TPSA) is 64.1 Å². The first-order valence-corrected chi connectivity index (χ1v) is 10.1. The molecule has 9 heteroatoms. The Labute approximate surface area is 177 Å². The zero-order valence-corrected chi connectivity index (χ0v) is 16.7. The fourth-order valence-electron chi connectivity index (χ4n) is 4.15. The van der Waals surface area contributed by atoms with Crippen molar-refractivity contribution in [3.63, 3.8) is 0 Å². The second-order valence-corrected chi connectivity index (χ2v) is 7.68. The van der Waals surface area contributed by atoms with E-state index in [0.29, 0.717) is 44.8 Å². The van der Waals surface area contributed by atoms with Crippen LogP contribution in [0.5, 0.6) is 5.75 Å². The van der Waals surface area contributed by atoms with Crippen LogP contribution in [0, 0.1) is 0 Å². The number of amides is 2. The zero-order chi connectivity index (χ0) is 22.2. The molecule has 0 radical (unpaired) electrons. The first-order valence-electron chi connectivity index (χ1n) is 10.1. The molecule has 1 atom stereocenters. The Balaban J connectivity index is 1.37. The summed E-state index contributed by atoms with van der Waals surface area (Å²) in [5, 5.41) is 9.90. The summed E-state index contributed by atoms with van der Waals surface area (Å²) in [7, 11) is 0. The molecule has 2 fully saturated rings. The second-order valence-electron chi connectivity index (χ2n) is 7.68. The fourth-order valence-corrected chi connectivity index (χ4v) is 4.15. The Hall–Kier alpha value is -3.07. The van der Waals surface area contributed by atoms with E-state index in [0.717, 1.165) is 12.1 Å². The van der Waals surface area contributed by atoms with Crippen LogP contribution >= 0.6 is 0 Å². The lowest BCUT2D eigenvalue weighted by Gasteiger charge is -2.37. The summed E-state index contributed by atoms with van der Waals surface area (Å²) < 4.78 is 38.3. The number of para-hydroxylation sites is 1. The average molecular weight is 433 g/mol. The van der Waals surface area contributed by atoms with Crippen LogP contribution in [0.3, 0.4) is 0 Å². The first kappa shape index (κ1) is 21.2. The van der Waals surface area contributed by atoms with Gasteiger partial charge in [0.05, 0.1) is 17.2 Å². The molecule has 2 aliphatic rings. The monoisotopic (exact) mass is 433 g/mol. The highest BCUT2D eigenvalue weighted by atomic mass is 19.4. The maximum Gasteiger partial charge on any atom is 0.416 e. The number of piperazine rings is 1. The van der Waals surface area contributed by atoms with Gasteiger partial charge in [0, 0.05) is 38.4 Å². The molecule has 164 valence electrons. The number of hydrogen-bond acceptors (Lipinski definition) is 4. The minimum atomic E-state index is -4.41. The summed E-state index contributed by atoms with van der Waals surface area (Å²) in [6.45, 7) is 2.31. The lowest BCUT2D eigenvalue weighted by Crippen LogP contribution is -2.53. The molecule has 0 aliphatic carbocycles. The smallest absolute Gasteiger partial charge is 0.416 e. The SMILES string of the molecule is O=C(c1ccccc1O)N1CCN([C@@H]2CCN(c3ccc(C(F)(F)F)cc3)C2=O)CC1. The molecule has 2 aliphatic heterocycles. The van der Waals surface area contributed by atoms with Crippen molar-refractivity contribution in [1.82, 2.24) is 9.80 Å². The largest absolute Gasteiger partial charge is 0.507 e. The molecular formula is C22H22F3N3O3. The van der Waals surface area contributed by atoms with E-state index in [1.54, 1.807) is 23.1 Å². The third kappa shape index (κ3) is 4.23. The van der Waals surface area contributed by atoms with Gasteiger partial charge >= 0.3 is 6.18 Å². The molecule has 2 aromatic carbocycles. The van der Waals surface area contributed by atoms with Crippen LogP contribution in [0.25, 0.3) is 0 Å². The van der Waals surface area contributed by atoms with E-state index in [9.17, 15) is 27.9 Å². The molecule has 0 unspecified atom stereocenters. The first-order chi connectivity index (χ1) is 14.8. The summed E-state index contributed by atoms with van der Waals surface area (Å²) in [5.74, 6) is -0.449. The third-order valence-electron chi connectivity index (χ3n) is 5.86. The van der Waals surface area contributed by atoms with Gasteiger partial charge in [0.2, 0.25) is 5.91 Å². The van der Waals surface area contributed by atoms with Gasteiger partial charge in [0.15, 0.2) is 0 Å². The van der Waals surface area contributed by atoms with Crippen molar-refractivity contribution in [3.05, 3.63) is 59.7 Å². The zero-order valence-electron chi connectivity index (χ0n) is 16.7. The highest BCUT2D eigenvalue weighted by Crippen LogP contribution is 2.32. The molecule has 2 amide bonds. The number of carbonyl (C=O) groups is 2. The second kappa shape index (κ2) is 8.22. The van der Waals surface area contributed by atoms with E-state index in [2.05, 4.69) is 0 Å². The van der Waals surface area contributed by atoms with Crippen LogP contribution in [0.4, 0.5) is 18.9 Å². The van der Waals surface area contributed by atoms with Crippen molar-refractivity contribution in [2.75, 3.05) is 37.6 Å². The van der Waals surface area contributed by atoms with Gasteiger partial charge in [-0.05, 0) is 42.8 Å². The molecule has 0 aromatic heterocycles. The van der Waals surface area contributed by atoms with E-state index in [-0.39, 0.29) is 29.2 Å². The summed E-state index contributed by atoms with van der Waals surface area (Å²) in [5.41, 5.74) is -0.0417. The van der Waals surface area contributed by atoms with Gasteiger partial charge in [0.25, 0.3) is 5.91 Å². The van der Waals surface area contributed by atoms with Gasteiger partial charge in [0.1, 0.15) is 5.75 Å². The summed E-state index contributed by atoms with van der Waals surface area (Å²) in [6, 6.07) is 10.7. The lowest BCUT2D eigenvalue weighted by molar-refractivity contribution is -0.137. The number of anilines is 1. The van der Waals surface area contributed by atoms with Gasteiger partial charge in [-0.1, -0.05) is 12.1 Å². The molecule has 0 spiro atoms. The highest BCUT2D eigenvalue weighted by Gasteiger charge is 2.39. The maximum absolute atomic E-state index is 12.9. The van der Waals surface area contributed by atoms with E-state index < -0.39 is 11.7 Å². The number of rotatable bonds is 3. The van der Waals surface area contributed by atoms with Gasteiger partial charge in [-0.3, -0.25) is 14.5 Å². The number of aromatic hydroxyl groups is 1. The molecule has 6 nitrogen and oxygen atoms in total. The molecule has 2 heterocycles. The quantitative estimate of drug-likeness (QED) is 0.809. The van der Waals surface area contributed by atoms with Crippen molar-refractivity contribution in [2.24, 2.45) is 0 Å². The minimum absolute atomic E-state index is 0.0620. The maximum atomic E-state index is 12.9. The van der Waals surface area contributed by atoms with Crippen molar-refractivity contribution in [2.45, 2.75) is 18.6 Å². The van der Waals surface area contributed by atoms with Gasteiger partial charge in [-0.15, -0.1) is 0 Å². The van der Waals surface area contributed by atoms with E-state index in [1.165, 1.54) is 23.1 Å². The van der Waals surface area contributed by atoms with E-state index >= 15 is 0 Å². The lowest BCUT2D eigenvalue weighted by atomic mass is 10.1. The van der Waals surface area contributed by atoms with Crippen LogP contribution in [0.2, 0.25) is 0 Å². The number of hydrogen-bond donors (Lipinski definition) is 1. The Morgan fingerprint density at radius 2 is 1.58 bits per heavy atom. The van der Waals surface area contributed by atoms with Crippen LogP contribution in [-0.4, -0.2) is 65.5 Å². The van der Waals surface area contributed by atoms with Crippen molar-refractivity contribution < 1.29 is 27.9 Å².